The summed E-state index contributed by atoms with van der Waals surface area (Å²) in [7, 11) is 4.77. The summed E-state index contributed by atoms with van der Waals surface area (Å²) in [4.78, 5) is 0. The minimum Gasteiger partial charge on any atom is -0.493 e. The van der Waals surface area contributed by atoms with Crippen LogP contribution in [0.1, 0.15) is 17.2 Å². The van der Waals surface area contributed by atoms with Crippen LogP contribution in [0.15, 0.2) is 29.0 Å². The predicted octanol–water partition coefficient (Wildman–Crippen LogP) is 2.82. The van der Waals surface area contributed by atoms with Gasteiger partial charge in [-0.1, -0.05) is 0 Å². The fourth-order valence-electron chi connectivity index (χ4n) is 1.93. The third-order valence-corrected chi connectivity index (χ3v) is 3.65. The van der Waals surface area contributed by atoms with E-state index in [1.807, 2.05) is 29.0 Å². The minimum atomic E-state index is -0.208. The molecule has 2 rings (SSSR count). The molecule has 0 radical (unpaired) electrons. The third-order valence-electron chi connectivity index (χ3n) is 2.95. The summed E-state index contributed by atoms with van der Waals surface area (Å²) >= 11 is 1.62. The SMILES string of the molecule is COc1cc(C(N)c2ccsc2)cc(OC)c1OC. The van der Waals surface area contributed by atoms with E-state index in [2.05, 4.69) is 0 Å². The highest BCUT2D eigenvalue weighted by atomic mass is 32.1. The van der Waals surface area contributed by atoms with Gasteiger partial charge in [-0.3, -0.25) is 0 Å². The molecule has 0 bridgehead atoms. The van der Waals surface area contributed by atoms with Gasteiger partial charge in [-0.2, -0.15) is 11.3 Å². The van der Waals surface area contributed by atoms with Crippen molar-refractivity contribution in [1.82, 2.24) is 0 Å². The van der Waals surface area contributed by atoms with Crippen LogP contribution in [0.25, 0.3) is 0 Å². The molecule has 1 unspecified atom stereocenters. The molecule has 1 atom stereocenters. The van der Waals surface area contributed by atoms with E-state index >= 15 is 0 Å². The Kier molecular flexibility index (Phi) is 4.29. The van der Waals surface area contributed by atoms with Crippen molar-refractivity contribution >= 4 is 11.3 Å². The van der Waals surface area contributed by atoms with Crippen LogP contribution in [0.4, 0.5) is 0 Å². The number of hydrogen-bond acceptors (Lipinski definition) is 5. The maximum absolute atomic E-state index is 6.25. The molecular formula is C14H17NO3S. The van der Waals surface area contributed by atoms with Gasteiger partial charge in [0.25, 0.3) is 0 Å². The summed E-state index contributed by atoms with van der Waals surface area (Å²) in [5.74, 6) is 1.80. The van der Waals surface area contributed by atoms with Crippen molar-refractivity contribution in [2.45, 2.75) is 6.04 Å². The number of benzene rings is 1. The van der Waals surface area contributed by atoms with E-state index in [0.29, 0.717) is 17.2 Å². The Morgan fingerprint density at radius 3 is 2.05 bits per heavy atom. The predicted molar refractivity (Wildman–Crippen MR) is 76.4 cm³/mol. The Bertz CT molecular complexity index is 515. The van der Waals surface area contributed by atoms with E-state index in [4.69, 9.17) is 19.9 Å². The van der Waals surface area contributed by atoms with E-state index in [0.717, 1.165) is 11.1 Å². The van der Waals surface area contributed by atoms with Gasteiger partial charge >= 0.3 is 0 Å². The van der Waals surface area contributed by atoms with Crippen LogP contribution in [-0.2, 0) is 0 Å². The lowest BCUT2D eigenvalue weighted by Gasteiger charge is -2.17. The van der Waals surface area contributed by atoms with Crippen molar-refractivity contribution in [1.29, 1.82) is 0 Å². The molecule has 2 N–H and O–H groups in total. The van der Waals surface area contributed by atoms with E-state index in [1.54, 1.807) is 32.7 Å². The average molecular weight is 279 g/mol. The molecule has 1 aromatic carbocycles. The molecule has 1 aromatic heterocycles. The summed E-state index contributed by atoms with van der Waals surface area (Å²) in [5, 5.41) is 4.04. The third kappa shape index (κ3) is 2.67. The zero-order valence-electron chi connectivity index (χ0n) is 11.2. The molecule has 0 aliphatic rings. The molecule has 0 amide bonds. The number of rotatable bonds is 5. The van der Waals surface area contributed by atoms with Gasteiger partial charge in [0.15, 0.2) is 11.5 Å². The molecule has 5 heteroatoms. The number of ether oxygens (including phenoxy) is 3. The fraction of sp³-hybridized carbons (Fsp3) is 0.286. The quantitative estimate of drug-likeness (QED) is 0.914. The first-order valence-electron chi connectivity index (χ1n) is 5.78. The van der Waals surface area contributed by atoms with Crippen LogP contribution in [0.5, 0.6) is 17.2 Å². The van der Waals surface area contributed by atoms with Crippen LogP contribution >= 0.6 is 11.3 Å². The van der Waals surface area contributed by atoms with Gasteiger partial charge in [-0.05, 0) is 40.1 Å². The second kappa shape index (κ2) is 5.95. The molecule has 0 spiro atoms. The maximum atomic E-state index is 6.25. The molecule has 102 valence electrons. The van der Waals surface area contributed by atoms with Crippen LogP contribution in [-0.4, -0.2) is 21.3 Å². The Morgan fingerprint density at radius 1 is 1.00 bits per heavy atom. The molecule has 0 aliphatic heterocycles. The van der Waals surface area contributed by atoms with Crippen LogP contribution in [0.2, 0.25) is 0 Å². The van der Waals surface area contributed by atoms with Gasteiger partial charge in [0.05, 0.1) is 27.4 Å². The topological polar surface area (TPSA) is 53.7 Å². The molecule has 1 heterocycles. The average Bonchev–Trinajstić information content (AvgIpc) is 2.98. The minimum absolute atomic E-state index is 0.208. The lowest BCUT2D eigenvalue weighted by molar-refractivity contribution is 0.323. The highest BCUT2D eigenvalue weighted by Gasteiger charge is 2.17. The normalized spacial score (nSPS) is 12.0. The highest BCUT2D eigenvalue weighted by molar-refractivity contribution is 7.08. The monoisotopic (exact) mass is 279 g/mol. The Labute approximate surface area is 116 Å². The first-order chi connectivity index (χ1) is 9.21. The lowest BCUT2D eigenvalue weighted by Crippen LogP contribution is -2.11. The maximum Gasteiger partial charge on any atom is 0.203 e. The Morgan fingerprint density at radius 2 is 1.63 bits per heavy atom. The number of methoxy groups -OCH3 is 3. The second-order valence-electron chi connectivity index (χ2n) is 3.99. The van der Waals surface area contributed by atoms with Crippen molar-refractivity contribution in [3.63, 3.8) is 0 Å². The summed E-state index contributed by atoms with van der Waals surface area (Å²) in [6, 6.07) is 5.56. The van der Waals surface area contributed by atoms with E-state index in [9.17, 15) is 0 Å². The van der Waals surface area contributed by atoms with Crippen molar-refractivity contribution in [2.24, 2.45) is 5.73 Å². The molecule has 0 fully saturated rings. The van der Waals surface area contributed by atoms with Crippen molar-refractivity contribution in [2.75, 3.05) is 21.3 Å². The Hall–Kier alpha value is -1.72. The standard InChI is InChI=1S/C14H17NO3S/c1-16-11-6-10(7-12(17-2)14(11)18-3)13(15)9-4-5-19-8-9/h4-8,13H,15H2,1-3H3. The summed E-state index contributed by atoms with van der Waals surface area (Å²) < 4.78 is 16.0. The highest BCUT2D eigenvalue weighted by Crippen LogP contribution is 2.40. The van der Waals surface area contributed by atoms with Gasteiger partial charge in [0.1, 0.15) is 0 Å². The summed E-state index contributed by atoms with van der Waals surface area (Å²) in [6.45, 7) is 0. The van der Waals surface area contributed by atoms with Gasteiger partial charge in [0, 0.05) is 0 Å². The van der Waals surface area contributed by atoms with Gasteiger partial charge in [0.2, 0.25) is 5.75 Å². The van der Waals surface area contributed by atoms with Crippen LogP contribution in [0, 0.1) is 0 Å². The first kappa shape index (κ1) is 13.7. The van der Waals surface area contributed by atoms with Gasteiger partial charge in [-0.15, -0.1) is 0 Å². The van der Waals surface area contributed by atoms with Crippen LogP contribution in [0.3, 0.4) is 0 Å². The van der Waals surface area contributed by atoms with Crippen LogP contribution < -0.4 is 19.9 Å². The molecule has 0 aliphatic carbocycles. The molecule has 0 saturated heterocycles. The first-order valence-corrected chi connectivity index (χ1v) is 6.73. The smallest absolute Gasteiger partial charge is 0.203 e. The Balaban J connectivity index is 2.47. The second-order valence-corrected chi connectivity index (χ2v) is 4.77. The molecule has 2 aromatic rings. The number of hydrogen-bond donors (Lipinski definition) is 1. The largest absolute Gasteiger partial charge is 0.493 e. The molecule has 0 saturated carbocycles. The zero-order chi connectivity index (χ0) is 13.8. The molecule has 4 nitrogen and oxygen atoms in total. The summed E-state index contributed by atoms with van der Waals surface area (Å²) in [6.07, 6.45) is 0. The molecular weight excluding hydrogens is 262 g/mol. The van der Waals surface area contributed by atoms with E-state index < -0.39 is 0 Å². The van der Waals surface area contributed by atoms with Crippen molar-refractivity contribution in [3.8, 4) is 17.2 Å². The lowest BCUT2D eigenvalue weighted by atomic mass is 10.0. The van der Waals surface area contributed by atoms with Crippen molar-refractivity contribution in [3.05, 3.63) is 40.1 Å². The van der Waals surface area contributed by atoms with E-state index in [1.165, 1.54) is 0 Å². The number of thiophene rings is 1. The van der Waals surface area contributed by atoms with E-state index in [-0.39, 0.29) is 6.04 Å². The number of nitrogens with two attached hydrogens (primary N) is 1. The fourth-order valence-corrected chi connectivity index (χ4v) is 2.62. The zero-order valence-corrected chi connectivity index (χ0v) is 12.0. The van der Waals surface area contributed by atoms with Gasteiger partial charge < -0.3 is 19.9 Å². The van der Waals surface area contributed by atoms with Gasteiger partial charge in [-0.25, -0.2) is 0 Å². The summed E-state index contributed by atoms with van der Waals surface area (Å²) in [5.41, 5.74) is 8.25. The molecule has 19 heavy (non-hydrogen) atoms. The van der Waals surface area contributed by atoms with Crippen molar-refractivity contribution < 1.29 is 14.2 Å².